The van der Waals surface area contributed by atoms with E-state index < -0.39 is 17.5 Å². The van der Waals surface area contributed by atoms with E-state index in [0.29, 0.717) is 24.3 Å². The molecule has 24 heavy (non-hydrogen) atoms. The van der Waals surface area contributed by atoms with Gasteiger partial charge in [0.05, 0.1) is 11.0 Å². The molecule has 0 saturated carbocycles. The third kappa shape index (κ3) is 3.21. The Balaban J connectivity index is 2.10. The third-order valence-electron chi connectivity index (χ3n) is 4.80. The number of carboxylic acid groups (broad SMARTS) is 1. The molecule has 1 saturated heterocycles. The van der Waals surface area contributed by atoms with Crippen molar-refractivity contribution in [2.24, 2.45) is 11.3 Å². The van der Waals surface area contributed by atoms with Crippen LogP contribution in [0.1, 0.15) is 32.8 Å². The zero-order valence-electron chi connectivity index (χ0n) is 14.2. The molecule has 1 fully saturated rings. The number of carbonyl (C=O) groups excluding carboxylic acids is 1. The van der Waals surface area contributed by atoms with Crippen LogP contribution in [0.4, 0.5) is 0 Å². The molecule has 0 radical (unpaired) electrons. The molecule has 1 N–H and O–H groups in total. The normalized spacial score (nSPS) is 21.4. The highest BCUT2D eigenvalue weighted by Crippen LogP contribution is 2.38. The molecule has 2 unspecified atom stereocenters. The van der Waals surface area contributed by atoms with Crippen LogP contribution in [0, 0.1) is 22.7 Å². The number of rotatable bonds is 5. The molecule has 0 aromatic heterocycles. The molecule has 6 nitrogen and oxygen atoms in total. The molecular formula is C18H22N2O4. The van der Waals surface area contributed by atoms with E-state index in [9.17, 15) is 14.7 Å². The highest BCUT2D eigenvalue weighted by molar-refractivity contribution is 5.83. The lowest BCUT2D eigenvalue weighted by molar-refractivity contribution is -0.151. The predicted molar refractivity (Wildman–Crippen MR) is 87.4 cm³/mol. The van der Waals surface area contributed by atoms with Gasteiger partial charge in [-0.05, 0) is 31.4 Å². The van der Waals surface area contributed by atoms with Gasteiger partial charge in [-0.2, -0.15) is 5.26 Å². The van der Waals surface area contributed by atoms with Crippen LogP contribution in [0.2, 0.25) is 0 Å². The van der Waals surface area contributed by atoms with Crippen molar-refractivity contribution in [3.8, 4) is 11.8 Å². The topological polar surface area (TPSA) is 90.6 Å². The van der Waals surface area contributed by atoms with Crippen molar-refractivity contribution in [3.05, 3.63) is 29.8 Å². The quantitative estimate of drug-likeness (QED) is 0.894. The smallest absolute Gasteiger partial charge is 0.311 e. The second kappa shape index (κ2) is 6.91. The van der Waals surface area contributed by atoms with Gasteiger partial charge >= 0.3 is 5.97 Å². The van der Waals surface area contributed by atoms with Crippen molar-refractivity contribution < 1.29 is 19.4 Å². The van der Waals surface area contributed by atoms with Gasteiger partial charge in [0.25, 0.3) is 5.91 Å². The highest BCUT2D eigenvalue weighted by atomic mass is 16.5. The van der Waals surface area contributed by atoms with Crippen LogP contribution < -0.4 is 4.74 Å². The van der Waals surface area contributed by atoms with E-state index in [1.54, 1.807) is 36.1 Å². The summed E-state index contributed by atoms with van der Waals surface area (Å²) in [4.78, 5) is 25.8. The molecule has 1 amide bonds. The van der Waals surface area contributed by atoms with E-state index in [0.717, 1.165) is 0 Å². The number of carbonyl (C=O) groups is 2. The van der Waals surface area contributed by atoms with Crippen LogP contribution in [-0.2, 0) is 9.59 Å². The summed E-state index contributed by atoms with van der Waals surface area (Å²) in [5.41, 5.74) is -0.541. The molecule has 128 valence electrons. The number of aliphatic carboxylic acids is 1. The van der Waals surface area contributed by atoms with Crippen molar-refractivity contribution in [3.63, 3.8) is 0 Å². The van der Waals surface area contributed by atoms with Crippen molar-refractivity contribution in [1.29, 1.82) is 5.26 Å². The van der Waals surface area contributed by atoms with Gasteiger partial charge in [0, 0.05) is 13.1 Å². The number of amides is 1. The van der Waals surface area contributed by atoms with Gasteiger partial charge in [-0.15, -0.1) is 0 Å². The van der Waals surface area contributed by atoms with Crippen LogP contribution in [0.25, 0.3) is 0 Å². The van der Waals surface area contributed by atoms with Crippen LogP contribution in [-0.4, -0.2) is 41.1 Å². The summed E-state index contributed by atoms with van der Waals surface area (Å²) < 4.78 is 5.64. The van der Waals surface area contributed by atoms with Crippen LogP contribution in [0.5, 0.6) is 5.75 Å². The number of ether oxygens (including phenoxy) is 1. The monoisotopic (exact) mass is 330 g/mol. The van der Waals surface area contributed by atoms with Gasteiger partial charge in [-0.1, -0.05) is 26.0 Å². The Morgan fingerprint density at radius 2 is 2.00 bits per heavy atom. The van der Waals surface area contributed by atoms with E-state index in [1.807, 2.05) is 19.9 Å². The second-order valence-electron chi connectivity index (χ2n) is 6.49. The minimum atomic E-state index is -0.903. The molecule has 2 rings (SSSR count). The van der Waals surface area contributed by atoms with Gasteiger partial charge in [-0.25, -0.2) is 0 Å². The minimum Gasteiger partial charge on any atom is -0.481 e. The number of para-hydroxylation sites is 1. The molecule has 6 heteroatoms. The summed E-state index contributed by atoms with van der Waals surface area (Å²) in [6.07, 6.45) is -0.344. The Morgan fingerprint density at radius 1 is 1.33 bits per heavy atom. The van der Waals surface area contributed by atoms with Gasteiger partial charge in [-0.3, -0.25) is 9.59 Å². The number of benzene rings is 1. The molecule has 2 atom stereocenters. The molecule has 1 aliphatic heterocycles. The summed E-state index contributed by atoms with van der Waals surface area (Å²) in [6, 6.07) is 8.75. The van der Waals surface area contributed by atoms with E-state index in [2.05, 4.69) is 0 Å². The standard InChI is InChI=1S/C18H22N2O4/c1-12(2)18(17(22)23)8-9-20(11-18)16(21)13(3)24-15-7-5-4-6-14(15)10-19/h4-7,12-13H,8-9,11H2,1-3H3,(H,22,23). The Morgan fingerprint density at radius 3 is 2.54 bits per heavy atom. The second-order valence-corrected chi connectivity index (χ2v) is 6.49. The fraction of sp³-hybridized carbons (Fsp3) is 0.500. The zero-order chi connectivity index (χ0) is 17.9. The molecule has 0 aliphatic carbocycles. The van der Waals surface area contributed by atoms with Crippen LogP contribution in [0.3, 0.4) is 0 Å². The predicted octanol–water partition coefficient (Wildman–Crippen LogP) is 2.28. The fourth-order valence-corrected chi connectivity index (χ4v) is 3.07. The van der Waals surface area contributed by atoms with E-state index in [-0.39, 0.29) is 18.4 Å². The number of nitriles is 1. The maximum absolute atomic E-state index is 12.6. The fourth-order valence-electron chi connectivity index (χ4n) is 3.07. The largest absolute Gasteiger partial charge is 0.481 e. The molecule has 0 bridgehead atoms. The van der Waals surface area contributed by atoms with E-state index in [4.69, 9.17) is 10.00 Å². The van der Waals surface area contributed by atoms with Crippen molar-refractivity contribution in [1.82, 2.24) is 4.90 Å². The average Bonchev–Trinajstić information content (AvgIpc) is 3.01. The number of carboxylic acids is 1. The lowest BCUT2D eigenvalue weighted by atomic mass is 9.76. The van der Waals surface area contributed by atoms with E-state index >= 15 is 0 Å². The summed E-state index contributed by atoms with van der Waals surface area (Å²) in [7, 11) is 0. The maximum atomic E-state index is 12.6. The Hall–Kier alpha value is -2.55. The first-order valence-electron chi connectivity index (χ1n) is 8.00. The van der Waals surface area contributed by atoms with Crippen LogP contribution in [0.15, 0.2) is 24.3 Å². The Labute approximate surface area is 141 Å². The van der Waals surface area contributed by atoms with Crippen molar-refractivity contribution >= 4 is 11.9 Å². The first-order chi connectivity index (χ1) is 11.3. The van der Waals surface area contributed by atoms with Gasteiger partial charge in [0.2, 0.25) is 0 Å². The summed E-state index contributed by atoms with van der Waals surface area (Å²) in [5.74, 6) is -0.834. The SMILES string of the molecule is CC(Oc1ccccc1C#N)C(=O)N1CCC(C(=O)O)(C(C)C)C1. The van der Waals surface area contributed by atoms with Gasteiger partial charge in [0.15, 0.2) is 6.10 Å². The first-order valence-corrected chi connectivity index (χ1v) is 8.00. The molecule has 1 aromatic rings. The molecular weight excluding hydrogens is 308 g/mol. The van der Waals surface area contributed by atoms with Gasteiger partial charge in [0.1, 0.15) is 11.8 Å². The Bertz CT molecular complexity index is 680. The van der Waals surface area contributed by atoms with Crippen molar-refractivity contribution in [2.75, 3.05) is 13.1 Å². The van der Waals surface area contributed by atoms with Gasteiger partial charge < -0.3 is 14.7 Å². The number of hydrogen-bond acceptors (Lipinski definition) is 4. The molecule has 1 aromatic carbocycles. The van der Waals surface area contributed by atoms with Crippen LogP contribution >= 0.6 is 0 Å². The number of hydrogen-bond donors (Lipinski definition) is 1. The molecule has 0 spiro atoms. The lowest BCUT2D eigenvalue weighted by Crippen LogP contribution is -2.44. The average molecular weight is 330 g/mol. The number of likely N-dealkylation sites (tertiary alicyclic amines) is 1. The zero-order valence-corrected chi connectivity index (χ0v) is 14.2. The minimum absolute atomic E-state index is 0.0664. The lowest BCUT2D eigenvalue weighted by Gasteiger charge is -2.29. The summed E-state index contributed by atoms with van der Waals surface area (Å²) >= 11 is 0. The van der Waals surface area contributed by atoms with Crippen molar-refractivity contribution in [2.45, 2.75) is 33.3 Å². The maximum Gasteiger partial charge on any atom is 0.311 e. The third-order valence-corrected chi connectivity index (χ3v) is 4.80. The first kappa shape index (κ1) is 17.8. The summed E-state index contributed by atoms with van der Waals surface area (Å²) in [5, 5.41) is 18.7. The highest BCUT2D eigenvalue weighted by Gasteiger charge is 2.49. The van der Waals surface area contributed by atoms with E-state index in [1.165, 1.54) is 0 Å². The number of nitrogens with zero attached hydrogens (tertiary/aromatic N) is 2. The molecule has 1 aliphatic rings. The molecule has 1 heterocycles. The Kier molecular flexibility index (Phi) is 5.13. The summed E-state index contributed by atoms with van der Waals surface area (Å²) in [6.45, 7) is 5.94.